The topological polar surface area (TPSA) is 33.1 Å². The average molecular weight is 262 g/mol. The molecule has 0 bridgehead atoms. The highest BCUT2D eigenvalue weighted by atomic mass is 15.2. The molecule has 4 heteroatoms. The Balaban J connectivity index is 1.56. The standard InChI is InChI=1S/C15H26N4/c1-3-14-9-16-15(13-4-5-13)11-19(14)7-6-12-8-17-18(2)10-12/h8,10,13-16H,3-7,9,11H2,1-2H3. The van der Waals surface area contributed by atoms with Gasteiger partial charge in [-0.2, -0.15) is 5.10 Å². The highest BCUT2D eigenvalue weighted by Gasteiger charge is 2.36. The van der Waals surface area contributed by atoms with Gasteiger partial charge in [0, 0.05) is 45.0 Å². The van der Waals surface area contributed by atoms with E-state index in [0.29, 0.717) is 6.04 Å². The van der Waals surface area contributed by atoms with E-state index in [4.69, 9.17) is 0 Å². The summed E-state index contributed by atoms with van der Waals surface area (Å²) in [5, 5.41) is 8.01. The molecule has 0 spiro atoms. The van der Waals surface area contributed by atoms with Crippen LogP contribution < -0.4 is 5.32 Å². The predicted octanol–water partition coefficient (Wildman–Crippen LogP) is 1.42. The number of hydrogen-bond acceptors (Lipinski definition) is 3. The maximum atomic E-state index is 4.26. The van der Waals surface area contributed by atoms with Crippen LogP contribution in [0.25, 0.3) is 0 Å². The fourth-order valence-electron chi connectivity index (χ4n) is 3.25. The van der Waals surface area contributed by atoms with E-state index in [1.165, 1.54) is 44.5 Å². The maximum Gasteiger partial charge on any atom is 0.0522 e. The van der Waals surface area contributed by atoms with Crippen molar-refractivity contribution in [3.05, 3.63) is 18.0 Å². The van der Waals surface area contributed by atoms with Crippen LogP contribution in [0.2, 0.25) is 0 Å². The van der Waals surface area contributed by atoms with Crippen LogP contribution in [0, 0.1) is 5.92 Å². The number of hydrogen-bond donors (Lipinski definition) is 1. The van der Waals surface area contributed by atoms with Crippen LogP contribution in [0.4, 0.5) is 0 Å². The molecule has 106 valence electrons. The Bertz CT molecular complexity index is 410. The third kappa shape index (κ3) is 3.18. The molecule has 2 unspecified atom stereocenters. The molecule has 0 radical (unpaired) electrons. The van der Waals surface area contributed by atoms with E-state index < -0.39 is 0 Å². The van der Waals surface area contributed by atoms with Gasteiger partial charge in [0.05, 0.1) is 6.20 Å². The van der Waals surface area contributed by atoms with Crippen LogP contribution in [0.15, 0.2) is 12.4 Å². The molecule has 1 N–H and O–H groups in total. The number of nitrogens with one attached hydrogen (secondary N) is 1. The van der Waals surface area contributed by atoms with Gasteiger partial charge in [-0.25, -0.2) is 0 Å². The average Bonchev–Trinajstić information content (AvgIpc) is 3.19. The van der Waals surface area contributed by atoms with Gasteiger partial charge in [-0.05, 0) is 37.2 Å². The molecular formula is C15H26N4. The third-order valence-corrected chi connectivity index (χ3v) is 4.67. The highest BCUT2D eigenvalue weighted by molar-refractivity contribution is 5.04. The van der Waals surface area contributed by atoms with E-state index in [2.05, 4.69) is 28.4 Å². The molecule has 1 aliphatic carbocycles. The zero-order valence-corrected chi connectivity index (χ0v) is 12.2. The lowest BCUT2D eigenvalue weighted by Gasteiger charge is -2.40. The number of aromatic nitrogens is 2. The first-order chi connectivity index (χ1) is 9.26. The molecule has 4 nitrogen and oxygen atoms in total. The second-order valence-corrected chi connectivity index (χ2v) is 6.18. The molecule has 2 atom stereocenters. The molecule has 1 aliphatic heterocycles. The molecule has 0 aromatic carbocycles. The van der Waals surface area contributed by atoms with Gasteiger partial charge in [-0.15, -0.1) is 0 Å². The van der Waals surface area contributed by atoms with E-state index in [9.17, 15) is 0 Å². The summed E-state index contributed by atoms with van der Waals surface area (Å²) in [6, 6.07) is 1.46. The van der Waals surface area contributed by atoms with Crippen LogP contribution in [-0.4, -0.2) is 46.4 Å². The number of piperazine rings is 1. The minimum absolute atomic E-state index is 0.715. The first kappa shape index (κ1) is 13.1. The first-order valence-corrected chi connectivity index (χ1v) is 7.71. The van der Waals surface area contributed by atoms with E-state index in [0.717, 1.165) is 18.4 Å². The quantitative estimate of drug-likeness (QED) is 0.871. The van der Waals surface area contributed by atoms with Gasteiger partial charge in [0.15, 0.2) is 0 Å². The van der Waals surface area contributed by atoms with Gasteiger partial charge >= 0.3 is 0 Å². The van der Waals surface area contributed by atoms with Gasteiger partial charge in [-0.1, -0.05) is 6.92 Å². The summed E-state index contributed by atoms with van der Waals surface area (Å²) in [6.07, 6.45) is 9.39. The Kier molecular flexibility index (Phi) is 3.89. The van der Waals surface area contributed by atoms with Crippen LogP contribution in [0.3, 0.4) is 0 Å². The van der Waals surface area contributed by atoms with E-state index in [1.807, 2.05) is 17.9 Å². The summed E-state index contributed by atoms with van der Waals surface area (Å²) in [5.74, 6) is 0.957. The Hall–Kier alpha value is -0.870. The normalized spacial score (nSPS) is 28.7. The van der Waals surface area contributed by atoms with Crippen molar-refractivity contribution in [1.29, 1.82) is 0 Å². The highest BCUT2D eigenvalue weighted by Crippen LogP contribution is 2.34. The Labute approximate surface area is 116 Å². The van der Waals surface area contributed by atoms with Crippen LogP contribution in [0.1, 0.15) is 31.7 Å². The largest absolute Gasteiger partial charge is 0.311 e. The van der Waals surface area contributed by atoms with Crippen LogP contribution >= 0.6 is 0 Å². The van der Waals surface area contributed by atoms with Crippen LogP contribution in [-0.2, 0) is 13.5 Å². The van der Waals surface area contributed by atoms with Crippen molar-refractivity contribution < 1.29 is 0 Å². The minimum Gasteiger partial charge on any atom is -0.311 e. The van der Waals surface area contributed by atoms with Crippen molar-refractivity contribution in [3.63, 3.8) is 0 Å². The molecule has 1 saturated heterocycles. The summed E-state index contributed by atoms with van der Waals surface area (Å²) < 4.78 is 1.90. The fourth-order valence-corrected chi connectivity index (χ4v) is 3.25. The second kappa shape index (κ2) is 5.63. The number of aryl methyl sites for hydroxylation is 1. The second-order valence-electron chi connectivity index (χ2n) is 6.18. The first-order valence-electron chi connectivity index (χ1n) is 7.71. The van der Waals surface area contributed by atoms with Gasteiger partial charge in [0.1, 0.15) is 0 Å². The lowest BCUT2D eigenvalue weighted by atomic mass is 10.0. The Morgan fingerprint density at radius 2 is 2.26 bits per heavy atom. The van der Waals surface area contributed by atoms with Gasteiger partial charge < -0.3 is 5.32 Å². The van der Waals surface area contributed by atoms with Gasteiger partial charge in [0.2, 0.25) is 0 Å². The molecule has 2 heterocycles. The number of rotatable bonds is 5. The molecule has 1 aromatic rings. The monoisotopic (exact) mass is 262 g/mol. The molecule has 1 saturated carbocycles. The summed E-state index contributed by atoms with van der Waals surface area (Å²) in [6.45, 7) is 5.89. The SMILES string of the molecule is CCC1CNC(C2CC2)CN1CCc1cnn(C)c1. The van der Waals surface area contributed by atoms with E-state index in [-0.39, 0.29) is 0 Å². The smallest absolute Gasteiger partial charge is 0.0522 e. The molecule has 2 aliphatic rings. The van der Waals surface area contributed by atoms with E-state index in [1.54, 1.807) is 0 Å². The molecule has 19 heavy (non-hydrogen) atoms. The molecule has 0 amide bonds. The molecular weight excluding hydrogens is 236 g/mol. The summed E-state index contributed by atoms with van der Waals surface area (Å²) in [4.78, 5) is 2.70. The van der Waals surface area contributed by atoms with Gasteiger partial charge in [0.25, 0.3) is 0 Å². The van der Waals surface area contributed by atoms with Crippen molar-refractivity contribution >= 4 is 0 Å². The lowest BCUT2D eigenvalue weighted by Crippen LogP contribution is -2.57. The summed E-state index contributed by atoms with van der Waals surface area (Å²) >= 11 is 0. The zero-order chi connectivity index (χ0) is 13.2. The van der Waals surface area contributed by atoms with Crippen molar-refractivity contribution in [2.45, 2.75) is 44.7 Å². The number of nitrogens with zero attached hydrogens (tertiary/aromatic N) is 3. The lowest BCUT2D eigenvalue weighted by molar-refractivity contribution is 0.120. The van der Waals surface area contributed by atoms with Crippen molar-refractivity contribution in [3.8, 4) is 0 Å². The summed E-state index contributed by atoms with van der Waals surface area (Å²) in [5.41, 5.74) is 1.36. The minimum atomic E-state index is 0.715. The van der Waals surface area contributed by atoms with Gasteiger partial charge in [-0.3, -0.25) is 9.58 Å². The molecule has 2 fully saturated rings. The van der Waals surface area contributed by atoms with Crippen molar-refractivity contribution in [1.82, 2.24) is 20.0 Å². The fraction of sp³-hybridized carbons (Fsp3) is 0.800. The zero-order valence-electron chi connectivity index (χ0n) is 12.2. The molecule has 1 aromatic heterocycles. The third-order valence-electron chi connectivity index (χ3n) is 4.67. The van der Waals surface area contributed by atoms with Crippen molar-refractivity contribution in [2.24, 2.45) is 13.0 Å². The van der Waals surface area contributed by atoms with Crippen LogP contribution in [0.5, 0.6) is 0 Å². The predicted molar refractivity (Wildman–Crippen MR) is 77.1 cm³/mol. The summed E-state index contributed by atoms with van der Waals surface area (Å²) in [7, 11) is 1.99. The van der Waals surface area contributed by atoms with E-state index >= 15 is 0 Å². The Morgan fingerprint density at radius 1 is 1.42 bits per heavy atom. The Morgan fingerprint density at radius 3 is 2.89 bits per heavy atom. The molecule has 3 rings (SSSR count). The van der Waals surface area contributed by atoms with Crippen molar-refractivity contribution in [2.75, 3.05) is 19.6 Å². The maximum absolute atomic E-state index is 4.26.